The monoisotopic (exact) mass is 353 g/mol. The SMILES string of the molecule is CCc1ccccc1OCC(=O)N1C[C@H](C(=O)O)[C@H](c2ccccc2)C1. The third-order valence-electron chi connectivity index (χ3n) is 4.92. The Morgan fingerprint density at radius 1 is 1.08 bits per heavy atom. The molecule has 2 atom stereocenters. The van der Waals surface area contributed by atoms with Gasteiger partial charge >= 0.3 is 5.97 Å². The number of benzene rings is 2. The van der Waals surface area contributed by atoms with E-state index >= 15 is 0 Å². The van der Waals surface area contributed by atoms with Gasteiger partial charge in [0.1, 0.15) is 5.75 Å². The second-order valence-electron chi connectivity index (χ2n) is 6.51. The lowest BCUT2D eigenvalue weighted by Crippen LogP contribution is -2.34. The van der Waals surface area contributed by atoms with Crippen LogP contribution in [0.25, 0.3) is 0 Å². The third kappa shape index (κ3) is 3.87. The molecule has 5 heteroatoms. The predicted molar refractivity (Wildman–Crippen MR) is 98.2 cm³/mol. The Labute approximate surface area is 153 Å². The van der Waals surface area contributed by atoms with Gasteiger partial charge in [-0.3, -0.25) is 9.59 Å². The van der Waals surface area contributed by atoms with Crippen molar-refractivity contribution in [3.63, 3.8) is 0 Å². The van der Waals surface area contributed by atoms with Crippen molar-refractivity contribution in [2.24, 2.45) is 5.92 Å². The molecular weight excluding hydrogens is 330 g/mol. The van der Waals surface area contributed by atoms with Crippen LogP contribution in [0.3, 0.4) is 0 Å². The number of carboxylic acids is 1. The van der Waals surface area contributed by atoms with Crippen molar-refractivity contribution in [3.05, 3.63) is 65.7 Å². The Bertz CT molecular complexity index is 775. The van der Waals surface area contributed by atoms with Crippen LogP contribution in [-0.2, 0) is 16.0 Å². The van der Waals surface area contributed by atoms with Gasteiger partial charge in [0, 0.05) is 19.0 Å². The number of carbonyl (C=O) groups excluding carboxylic acids is 1. The van der Waals surface area contributed by atoms with E-state index in [4.69, 9.17) is 4.74 Å². The van der Waals surface area contributed by atoms with Crippen molar-refractivity contribution >= 4 is 11.9 Å². The van der Waals surface area contributed by atoms with Gasteiger partial charge in [-0.1, -0.05) is 55.5 Å². The van der Waals surface area contributed by atoms with Gasteiger partial charge in [0.2, 0.25) is 0 Å². The highest BCUT2D eigenvalue weighted by molar-refractivity contribution is 5.80. The lowest BCUT2D eigenvalue weighted by molar-refractivity contribution is -0.142. The van der Waals surface area contributed by atoms with Crippen molar-refractivity contribution in [1.82, 2.24) is 4.90 Å². The van der Waals surface area contributed by atoms with Crippen LogP contribution in [0, 0.1) is 5.92 Å². The van der Waals surface area contributed by atoms with Gasteiger partial charge in [-0.05, 0) is 23.6 Å². The van der Waals surface area contributed by atoms with E-state index in [2.05, 4.69) is 0 Å². The fourth-order valence-corrected chi connectivity index (χ4v) is 3.46. The maximum Gasteiger partial charge on any atom is 0.308 e. The highest BCUT2D eigenvalue weighted by Crippen LogP contribution is 2.33. The molecule has 1 fully saturated rings. The second kappa shape index (κ2) is 8.04. The molecule has 1 aliphatic rings. The van der Waals surface area contributed by atoms with E-state index in [1.54, 1.807) is 4.90 Å². The summed E-state index contributed by atoms with van der Waals surface area (Å²) in [6.07, 6.45) is 0.825. The normalized spacial score (nSPS) is 19.3. The summed E-state index contributed by atoms with van der Waals surface area (Å²) < 4.78 is 5.70. The first-order valence-corrected chi connectivity index (χ1v) is 8.86. The molecule has 1 aliphatic heterocycles. The minimum atomic E-state index is -0.869. The highest BCUT2D eigenvalue weighted by atomic mass is 16.5. The van der Waals surface area contributed by atoms with E-state index in [1.165, 1.54) is 0 Å². The van der Waals surface area contributed by atoms with Gasteiger partial charge in [-0.2, -0.15) is 0 Å². The summed E-state index contributed by atoms with van der Waals surface area (Å²) >= 11 is 0. The second-order valence-corrected chi connectivity index (χ2v) is 6.51. The number of aryl methyl sites for hydroxylation is 1. The molecule has 5 nitrogen and oxygen atoms in total. The molecule has 0 aliphatic carbocycles. The van der Waals surface area contributed by atoms with Crippen LogP contribution in [0.5, 0.6) is 5.75 Å². The number of nitrogens with zero attached hydrogens (tertiary/aromatic N) is 1. The van der Waals surface area contributed by atoms with E-state index in [0.29, 0.717) is 12.3 Å². The highest BCUT2D eigenvalue weighted by Gasteiger charge is 2.40. The number of rotatable bonds is 6. The zero-order valence-corrected chi connectivity index (χ0v) is 14.8. The summed E-state index contributed by atoms with van der Waals surface area (Å²) in [4.78, 5) is 25.8. The number of likely N-dealkylation sites (tertiary alicyclic amines) is 1. The van der Waals surface area contributed by atoms with E-state index in [1.807, 2.05) is 61.5 Å². The summed E-state index contributed by atoms with van der Waals surface area (Å²) in [6.45, 7) is 2.57. The molecule has 3 rings (SSSR count). The molecule has 0 radical (unpaired) electrons. The summed E-state index contributed by atoms with van der Waals surface area (Å²) in [5.74, 6) is -1.13. The number of hydrogen-bond acceptors (Lipinski definition) is 3. The minimum Gasteiger partial charge on any atom is -0.483 e. The standard InChI is InChI=1S/C21H23NO4/c1-2-15-8-6-7-11-19(15)26-14-20(23)22-12-17(18(13-22)21(24)25)16-9-4-3-5-10-16/h3-11,17-18H,2,12-14H2,1H3,(H,24,25)/t17-,18-/m0/s1. The van der Waals surface area contributed by atoms with Crippen LogP contribution >= 0.6 is 0 Å². The van der Waals surface area contributed by atoms with Crippen LogP contribution in [0.15, 0.2) is 54.6 Å². The molecule has 1 amide bonds. The van der Waals surface area contributed by atoms with Crippen molar-refractivity contribution in [3.8, 4) is 5.75 Å². The first kappa shape index (κ1) is 18.0. The van der Waals surface area contributed by atoms with Gasteiger partial charge in [0.15, 0.2) is 6.61 Å². The summed E-state index contributed by atoms with van der Waals surface area (Å²) in [7, 11) is 0. The van der Waals surface area contributed by atoms with Crippen LogP contribution in [-0.4, -0.2) is 41.6 Å². The summed E-state index contributed by atoms with van der Waals surface area (Å²) in [5, 5.41) is 9.55. The number of carboxylic acid groups (broad SMARTS) is 1. The van der Waals surface area contributed by atoms with Gasteiger partial charge in [-0.15, -0.1) is 0 Å². The molecule has 2 aromatic carbocycles. The van der Waals surface area contributed by atoms with Gasteiger partial charge in [0.25, 0.3) is 5.91 Å². The van der Waals surface area contributed by atoms with Crippen molar-refractivity contribution in [1.29, 1.82) is 0 Å². The molecule has 0 saturated carbocycles. The fraction of sp³-hybridized carbons (Fsp3) is 0.333. The average Bonchev–Trinajstić information content (AvgIpc) is 3.13. The maximum absolute atomic E-state index is 12.6. The largest absolute Gasteiger partial charge is 0.483 e. The number of hydrogen-bond donors (Lipinski definition) is 1. The van der Waals surface area contributed by atoms with E-state index in [-0.39, 0.29) is 25.0 Å². The van der Waals surface area contributed by atoms with Crippen molar-refractivity contribution in [2.75, 3.05) is 19.7 Å². The Balaban J connectivity index is 1.67. The van der Waals surface area contributed by atoms with Crippen LogP contribution in [0.2, 0.25) is 0 Å². The summed E-state index contributed by atoms with van der Waals surface area (Å²) in [5.41, 5.74) is 2.00. The van der Waals surface area contributed by atoms with E-state index in [0.717, 1.165) is 17.5 Å². The zero-order valence-electron chi connectivity index (χ0n) is 14.8. The first-order chi connectivity index (χ1) is 12.6. The molecule has 136 valence electrons. The number of amides is 1. The van der Waals surface area contributed by atoms with Crippen LogP contribution < -0.4 is 4.74 Å². The Morgan fingerprint density at radius 2 is 1.77 bits per heavy atom. The van der Waals surface area contributed by atoms with Crippen molar-refractivity contribution < 1.29 is 19.4 Å². The van der Waals surface area contributed by atoms with Gasteiger partial charge < -0.3 is 14.7 Å². The molecule has 0 bridgehead atoms. The van der Waals surface area contributed by atoms with Crippen LogP contribution in [0.1, 0.15) is 24.0 Å². The fourth-order valence-electron chi connectivity index (χ4n) is 3.46. The van der Waals surface area contributed by atoms with E-state index < -0.39 is 11.9 Å². The summed E-state index contributed by atoms with van der Waals surface area (Å²) in [6, 6.07) is 17.2. The number of ether oxygens (including phenoxy) is 1. The first-order valence-electron chi connectivity index (χ1n) is 8.86. The lowest BCUT2D eigenvalue weighted by atomic mass is 9.89. The molecular formula is C21H23NO4. The molecule has 1 heterocycles. The molecule has 1 N–H and O–H groups in total. The topological polar surface area (TPSA) is 66.8 Å². The molecule has 26 heavy (non-hydrogen) atoms. The van der Waals surface area contributed by atoms with Gasteiger partial charge in [-0.25, -0.2) is 0 Å². The van der Waals surface area contributed by atoms with E-state index in [9.17, 15) is 14.7 Å². The smallest absolute Gasteiger partial charge is 0.308 e. The number of aliphatic carboxylic acids is 1. The molecule has 0 unspecified atom stereocenters. The van der Waals surface area contributed by atoms with Crippen LogP contribution in [0.4, 0.5) is 0 Å². The molecule has 2 aromatic rings. The van der Waals surface area contributed by atoms with Crippen molar-refractivity contribution in [2.45, 2.75) is 19.3 Å². The Kier molecular flexibility index (Phi) is 5.56. The molecule has 0 spiro atoms. The Hall–Kier alpha value is -2.82. The Morgan fingerprint density at radius 3 is 2.46 bits per heavy atom. The number of carbonyl (C=O) groups is 2. The maximum atomic E-state index is 12.6. The quantitative estimate of drug-likeness (QED) is 0.867. The molecule has 0 aromatic heterocycles. The average molecular weight is 353 g/mol. The third-order valence-corrected chi connectivity index (χ3v) is 4.92. The number of para-hydroxylation sites is 1. The predicted octanol–water partition coefficient (Wildman–Crippen LogP) is 2.95. The zero-order chi connectivity index (χ0) is 18.5. The molecule has 1 saturated heterocycles. The minimum absolute atomic E-state index is 0.0785. The van der Waals surface area contributed by atoms with Gasteiger partial charge in [0.05, 0.1) is 5.92 Å². The lowest BCUT2D eigenvalue weighted by Gasteiger charge is -2.17.